The maximum absolute atomic E-state index is 13.4. The summed E-state index contributed by atoms with van der Waals surface area (Å²) in [7, 11) is 2.90. The molecule has 1 aliphatic rings. The van der Waals surface area contributed by atoms with Crippen molar-refractivity contribution < 1.29 is 22.6 Å². The van der Waals surface area contributed by atoms with Crippen LogP contribution in [0.4, 0.5) is 19.1 Å². The molecule has 15 heteroatoms. The molecule has 0 amide bonds. The van der Waals surface area contributed by atoms with Gasteiger partial charge in [-0.3, -0.25) is 4.79 Å². The largest absolute Gasteiger partial charge is 0.494 e. The first kappa shape index (κ1) is 30.6. The van der Waals surface area contributed by atoms with E-state index in [0.717, 1.165) is 30.2 Å². The lowest BCUT2D eigenvalue weighted by Gasteiger charge is -2.29. The fraction of sp³-hybridized carbons (Fsp3) is 0.290. The highest BCUT2D eigenvalue weighted by atomic mass is 19.4. The number of rotatable bonds is 10. The van der Waals surface area contributed by atoms with Gasteiger partial charge in [0.1, 0.15) is 35.4 Å². The smallest absolute Gasteiger partial charge is 0.433 e. The molecule has 1 aromatic carbocycles. The standard InChI is InChI=1S/C31H28F3N9O3/c1-17(18-4-6-19(7-5-18)26-22(45-2)11-12-23(39-26)31(32,33)34)43(14-21-10-13-24(44)42-41-21)30-38-16-36-28(40-30)25-27(20-8-9-20)35-15-37-29(25)46-3/h4-7,10-13,15-17,20H,8-9,14H2,1-3H3,(H,42,44)/t17-/m1/s1. The number of methoxy groups -OCH3 is 2. The van der Waals surface area contributed by atoms with Gasteiger partial charge in [-0.2, -0.15) is 23.3 Å². The highest BCUT2D eigenvalue weighted by Gasteiger charge is 2.34. The maximum Gasteiger partial charge on any atom is 0.433 e. The van der Waals surface area contributed by atoms with Gasteiger partial charge in [-0.15, -0.1) is 0 Å². The summed E-state index contributed by atoms with van der Waals surface area (Å²) >= 11 is 0. The minimum Gasteiger partial charge on any atom is -0.494 e. The van der Waals surface area contributed by atoms with Gasteiger partial charge in [-0.05, 0) is 43.5 Å². The molecule has 12 nitrogen and oxygen atoms in total. The summed E-state index contributed by atoms with van der Waals surface area (Å²) in [5.41, 5.74) is 1.89. The van der Waals surface area contributed by atoms with E-state index in [-0.39, 0.29) is 35.5 Å². The molecule has 1 fully saturated rings. The number of alkyl halides is 3. The Morgan fingerprint density at radius 3 is 2.35 bits per heavy atom. The fourth-order valence-electron chi connectivity index (χ4n) is 5.05. The predicted octanol–water partition coefficient (Wildman–Crippen LogP) is 5.16. The van der Waals surface area contributed by atoms with Crippen LogP contribution in [0.3, 0.4) is 0 Å². The van der Waals surface area contributed by atoms with E-state index in [1.54, 1.807) is 30.3 Å². The van der Waals surface area contributed by atoms with Crippen molar-refractivity contribution in [3.63, 3.8) is 0 Å². The Morgan fingerprint density at radius 2 is 1.70 bits per heavy atom. The number of nitrogens with one attached hydrogen (secondary N) is 1. The monoisotopic (exact) mass is 631 g/mol. The lowest BCUT2D eigenvalue weighted by Crippen LogP contribution is -2.29. The predicted molar refractivity (Wildman–Crippen MR) is 160 cm³/mol. The minimum absolute atomic E-state index is 0.0680. The summed E-state index contributed by atoms with van der Waals surface area (Å²) in [6.07, 6.45) is 0.233. The first-order valence-electron chi connectivity index (χ1n) is 14.3. The molecule has 4 aromatic heterocycles. The average molecular weight is 632 g/mol. The van der Waals surface area contributed by atoms with Crippen molar-refractivity contribution >= 4 is 5.95 Å². The molecule has 0 spiro atoms. The number of halogens is 3. The van der Waals surface area contributed by atoms with Crippen LogP contribution in [0, 0.1) is 0 Å². The van der Waals surface area contributed by atoms with Crippen molar-refractivity contribution in [1.82, 2.24) is 40.1 Å². The fourth-order valence-corrected chi connectivity index (χ4v) is 5.05. The highest BCUT2D eigenvalue weighted by Crippen LogP contribution is 2.45. The molecule has 1 aliphatic carbocycles. The zero-order valence-corrected chi connectivity index (χ0v) is 25.0. The summed E-state index contributed by atoms with van der Waals surface area (Å²) in [5, 5.41) is 6.62. The third kappa shape index (κ3) is 6.34. The van der Waals surface area contributed by atoms with Gasteiger partial charge in [0.2, 0.25) is 11.8 Å². The third-order valence-electron chi connectivity index (χ3n) is 7.61. The molecule has 0 saturated heterocycles. The summed E-state index contributed by atoms with van der Waals surface area (Å²) < 4.78 is 51.1. The average Bonchev–Trinajstić information content (AvgIpc) is 3.92. The Balaban J connectivity index is 1.38. The van der Waals surface area contributed by atoms with E-state index in [0.29, 0.717) is 34.5 Å². The molecule has 4 heterocycles. The molecule has 6 rings (SSSR count). The Morgan fingerprint density at radius 1 is 0.935 bits per heavy atom. The molecule has 0 aliphatic heterocycles. The Hall–Kier alpha value is -5.47. The van der Waals surface area contributed by atoms with Gasteiger partial charge in [0, 0.05) is 17.5 Å². The first-order chi connectivity index (χ1) is 22.2. The van der Waals surface area contributed by atoms with Gasteiger partial charge < -0.3 is 14.4 Å². The number of hydrogen-bond donors (Lipinski definition) is 1. The number of hydrogen-bond acceptors (Lipinski definition) is 11. The van der Waals surface area contributed by atoms with Gasteiger partial charge in [0.15, 0.2) is 5.82 Å². The zero-order chi connectivity index (χ0) is 32.4. The Bertz CT molecular complexity index is 1890. The van der Waals surface area contributed by atoms with Crippen LogP contribution in [0.5, 0.6) is 11.6 Å². The van der Waals surface area contributed by atoms with E-state index in [9.17, 15) is 18.0 Å². The number of nitrogens with zero attached hydrogens (tertiary/aromatic N) is 8. The zero-order valence-electron chi connectivity index (χ0n) is 25.0. The number of aromatic nitrogens is 8. The van der Waals surface area contributed by atoms with Crippen LogP contribution in [-0.2, 0) is 12.7 Å². The quantitative estimate of drug-likeness (QED) is 0.218. The van der Waals surface area contributed by atoms with E-state index in [1.165, 1.54) is 39.0 Å². The normalized spacial score (nSPS) is 13.7. The Labute approximate surface area is 260 Å². The van der Waals surface area contributed by atoms with Crippen molar-refractivity contribution in [3.8, 4) is 34.3 Å². The molecule has 46 heavy (non-hydrogen) atoms. The third-order valence-corrected chi connectivity index (χ3v) is 7.61. The van der Waals surface area contributed by atoms with Crippen LogP contribution < -0.4 is 19.9 Å². The molecule has 1 atom stereocenters. The van der Waals surface area contributed by atoms with Crippen molar-refractivity contribution in [2.75, 3.05) is 19.1 Å². The molecule has 1 saturated carbocycles. The molecule has 0 radical (unpaired) electrons. The molecule has 1 N–H and O–H groups in total. The molecule has 0 bridgehead atoms. The van der Waals surface area contributed by atoms with Crippen LogP contribution in [0.1, 0.15) is 54.4 Å². The molecular weight excluding hydrogens is 603 g/mol. The van der Waals surface area contributed by atoms with E-state index in [1.807, 2.05) is 11.8 Å². The topological polar surface area (TPSA) is 145 Å². The van der Waals surface area contributed by atoms with Crippen LogP contribution in [0.25, 0.3) is 22.6 Å². The van der Waals surface area contributed by atoms with Crippen LogP contribution in [-0.4, -0.2) is 54.3 Å². The van der Waals surface area contributed by atoms with E-state index in [2.05, 4.69) is 35.1 Å². The second-order valence-electron chi connectivity index (χ2n) is 10.6. The molecular formula is C31H28F3N9O3. The second kappa shape index (κ2) is 12.5. The molecule has 236 valence electrons. The van der Waals surface area contributed by atoms with Crippen LogP contribution in [0.15, 0.2) is 66.0 Å². The summed E-state index contributed by atoms with van der Waals surface area (Å²) in [5.74, 6) is 1.47. The second-order valence-corrected chi connectivity index (χ2v) is 10.6. The van der Waals surface area contributed by atoms with Crippen LogP contribution in [0.2, 0.25) is 0 Å². The molecule has 0 unspecified atom stereocenters. The van der Waals surface area contributed by atoms with Gasteiger partial charge in [0.25, 0.3) is 5.56 Å². The summed E-state index contributed by atoms with van der Waals surface area (Å²) in [4.78, 5) is 39.9. The summed E-state index contributed by atoms with van der Waals surface area (Å²) in [6, 6.07) is 11.7. The Kier molecular flexibility index (Phi) is 8.30. The van der Waals surface area contributed by atoms with E-state index in [4.69, 9.17) is 14.5 Å². The van der Waals surface area contributed by atoms with Gasteiger partial charge >= 0.3 is 6.18 Å². The number of aromatic amines is 1. The van der Waals surface area contributed by atoms with Gasteiger partial charge in [-0.1, -0.05) is 24.3 Å². The minimum atomic E-state index is -4.61. The first-order valence-corrected chi connectivity index (χ1v) is 14.3. The molecule has 5 aromatic rings. The van der Waals surface area contributed by atoms with E-state index >= 15 is 0 Å². The van der Waals surface area contributed by atoms with Gasteiger partial charge in [0.05, 0.1) is 38.2 Å². The van der Waals surface area contributed by atoms with Gasteiger partial charge in [-0.25, -0.2) is 30.0 Å². The number of anilines is 1. The number of pyridine rings is 1. The maximum atomic E-state index is 13.4. The van der Waals surface area contributed by atoms with Crippen molar-refractivity contribution in [3.05, 3.63) is 94.2 Å². The van der Waals surface area contributed by atoms with Crippen molar-refractivity contribution in [2.24, 2.45) is 0 Å². The number of benzene rings is 1. The lowest BCUT2D eigenvalue weighted by molar-refractivity contribution is -0.141. The number of H-pyrrole nitrogens is 1. The lowest BCUT2D eigenvalue weighted by atomic mass is 10.0. The SMILES string of the molecule is COc1ccc(C(F)(F)F)nc1-c1ccc([C@@H](C)N(Cc2ccc(=O)[nH]n2)c2ncnc(-c3c(OC)ncnc3C3CC3)n2)cc1. The summed E-state index contributed by atoms with van der Waals surface area (Å²) in [6.45, 7) is 2.12. The van der Waals surface area contributed by atoms with Crippen molar-refractivity contribution in [2.45, 2.75) is 44.4 Å². The van der Waals surface area contributed by atoms with Crippen LogP contribution >= 0.6 is 0 Å². The number of ether oxygens (including phenoxy) is 2. The highest BCUT2D eigenvalue weighted by molar-refractivity contribution is 5.68. The van der Waals surface area contributed by atoms with Crippen molar-refractivity contribution in [1.29, 1.82) is 0 Å². The van der Waals surface area contributed by atoms with E-state index < -0.39 is 11.9 Å².